The van der Waals surface area contributed by atoms with Crippen molar-refractivity contribution < 1.29 is 19.1 Å². The van der Waals surface area contributed by atoms with Crippen LogP contribution in [-0.4, -0.2) is 31.6 Å². The summed E-state index contributed by atoms with van der Waals surface area (Å²) in [6.45, 7) is 2.72. The second kappa shape index (κ2) is 9.83. The predicted octanol–water partition coefficient (Wildman–Crippen LogP) is 4.45. The third-order valence-corrected chi connectivity index (χ3v) is 5.00. The number of aryl methyl sites for hydroxylation is 1. The first-order chi connectivity index (χ1) is 15.6. The van der Waals surface area contributed by atoms with Crippen LogP contribution in [0.2, 0.25) is 0 Å². The summed E-state index contributed by atoms with van der Waals surface area (Å²) in [5.41, 5.74) is 3.37. The molecule has 0 bridgehead atoms. The standard InChI is InChI=1S/C26H24N2O4/c1-19-7-9-20(10-8-19)11-14-25(29)27-21-12-13-23-24(17-21)32-18-26(30)28(23)15-16-31-22-5-3-2-4-6-22/h2-14,17H,15-16,18H2,1H3,(H,27,29)/b14-11+. The zero-order valence-electron chi connectivity index (χ0n) is 17.8. The van der Waals surface area contributed by atoms with Crippen LogP contribution in [0, 0.1) is 6.92 Å². The van der Waals surface area contributed by atoms with Crippen molar-refractivity contribution in [1.82, 2.24) is 0 Å². The minimum absolute atomic E-state index is 0.0525. The van der Waals surface area contributed by atoms with Crippen molar-refractivity contribution in [2.75, 3.05) is 30.0 Å². The summed E-state index contributed by atoms with van der Waals surface area (Å²) in [5, 5.41) is 2.83. The van der Waals surface area contributed by atoms with E-state index in [1.165, 1.54) is 11.6 Å². The van der Waals surface area contributed by atoms with Crippen molar-refractivity contribution >= 4 is 29.3 Å². The van der Waals surface area contributed by atoms with Crippen molar-refractivity contribution in [2.24, 2.45) is 0 Å². The summed E-state index contributed by atoms with van der Waals surface area (Å²) < 4.78 is 11.3. The highest BCUT2D eigenvalue weighted by Gasteiger charge is 2.25. The van der Waals surface area contributed by atoms with Gasteiger partial charge < -0.3 is 19.7 Å². The normalized spacial score (nSPS) is 12.9. The Morgan fingerprint density at radius 1 is 1.09 bits per heavy atom. The van der Waals surface area contributed by atoms with E-state index in [0.717, 1.165) is 11.3 Å². The summed E-state index contributed by atoms with van der Waals surface area (Å²) in [5.74, 6) is 0.923. The number of anilines is 2. The number of para-hydroxylation sites is 1. The largest absolute Gasteiger partial charge is 0.492 e. The van der Waals surface area contributed by atoms with Crippen LogP contribution in [0.1, 0.15) is 11.1 Å². The van der Waals surface area contributed by atoms with Gasteiger partial charge in [-0.05, 0) is 42.8 Å². The van der Waals surface area contributed by atoms with E-state index in [0.29, 0.717) is 30.3 Å². The van der Waals surface area contributed by atoms with Crippen LogP contribution >= 0.6 is 0 Å². The van der Waals surface area contributed by atoms with Gasteiger partial charge in [0.1, 0.15) is 18.1 Å². The molecule has 3 aromatic carbocycles. The maximum absolute atomic E-state index is 12.4. The fourth-order valence-electron chi connectivity index (χ4n) is 3.33. The highest BCUT2D eigenvalue weighted by molar-refractivity contribution is 6.03. The number of ether oxygens (including phenoxy) is 2. The monoisotopic (exact) mass is 428 g/mol. The Morgan fingerprint density at radius 3 is 2.66 bits per heavy atom. The van der Waals surface area contributed by atoms with E-state index in [9.17, 15) is 9.59 Å². The van der Waals surface area contributed by atoms with E-state index in [1.807, 2.05) is 61.5 Å². The number of amides is 2. The predicted molar refractivity (Wildman–Crippen MR) is 125 cm³/mol. The van der Waals surface area contributed by atoms with Crippen molar-refractivity contribution in [3.8, 4) is 11.5 Å². The molecular weight excluding hydrogens is 404 g/mol. The molecule has 6 heteroatoms. The van der Waals surface area contributed by atoms with Crippen molar-refractivity contribution in [3.63, 3.8) is 0 Å². The zero-order valence-corrected chi connectivity index (χ0v) is 17.8. The van der Waals surface area contributed by atoms with Crippen LogP contribution in [0.4, 0.5) is 11.4 Å². The minimum atomic E-state index is -0.245. The fourth-order valence-corrected chi connectivity index (χ4v) is 3.33. The molecule has 0 spiro atoms. The number of nitrogens with zero attached hydrogens (tertiary/aromatic N) is 1. The van der Waals surface area contributed by atoms with Crippen LogP contribution in [0.15, 0.2) is 78.9 Å². The van der Waals surface area contributed by atoms with Gasteiger partial charge in [-0.1, -0.05) is 48.0 Å². The average Bonchev–Trinajstić information content (AvgIpc) is 2.81. The third-order valence-electron chi connectivity index (χ3n) is 5.00. The lowest BCUT2D eigenvalue weighted by atomic mass is 10.1. The summed E-state index contributed by atoms with van der Waals surface area (Å²) in [6, 6.07) is 22.6. The van der Waals surface area contributed by atoms with Gasteiger partial charge in [0.05, 0.1) is 12.2 Å². The molecule has 0 radical (unpaired) electrons. The first kappa shape index (κ1) is 21.2. The Morgan fingerprint density at radius 2 is 1.88 bits per heavy atom. The van der Waals surface area contributed by atoms with Gasteiger partial charge in [0.25, 0.3) is 5.91 Å². The molecular formula is C26H24N2O4. The van der Waals surface area contributed by atoms with Crippen molar-refractivity contribution in [2.45, 2.75) is 6.92 Å². The van der Waals surface area contributed by atoms with Crippen LogP contribution in [-0.2, 0) is 9.59 Å². The number of nitrogens with one attached hydrogen (secondary N) is 1. The lowest BCUT2D eigenvalue weighted by Crippen LogP contribution is -2.41. The Kier molecular flexibility index (Phi) is 6.51. The molecule has 0 aromatic heterocycles. The molecule has 1 N–H and O–H groups in total. The smallest absolute Gasteiger partial charge is 0.265 e. The lowest BCUT2D eigenvalue weighted by molar-refractivity contribution is -0.121. The molecule has 0 saturated carbocycles. The van der Waals surface area contributed by atoms with E-state index in [1.54, 1.807) is 29.2 Å². The first-order valence-electron chi connectivity index (χ1n) is 10.4. The number of carbonyl (C=O) groups excluding carboxylic acids is 2. The van der Waals surface area contributed by atoms with E-state index in [4.69, 9.17) is 9.47 Å². The van der Waals surface area contributed by atoms with Gasteiger partial charge in [0.2, 0.25) is 5.91 Å². The molecule has 2 amide bonds. The van der Waals surface area contributed by atoms with Gasteiger partial charge in [0, 0.05) is 17.8 Å². The molecule has 0 atom stereocenters. The van der Waals surface area contributed by atoms with E-state index in [2.05, 4.69) is 5.32 Å². The van der Waals surface area contributed by atoms with Gasteiger partial charge in [-0.15, -0.1) is 0 Å². The molecule has 0 fully saturated rings. The SMILES string of the molecule is Cc1ccc(/C=C/C(=O)Nc2ccc3c(c2)OCC(=O)N3CCOc2ccccc2)cc1. The summed E-state index contributed by atoms with van der Waals surface area (Å²) in [7, 11) is 0. The number of carbonyl (C=O) groups is 2. The third kappa shape index (κ3) is 5.35. The molecule has 6 nitrogen and oxygen atoms in total. The van der Waals surface area contributed by atoms with Crippen LogP contribution < -0.4 is 19.7 Å². The second-order valence-electron chi connectivity index (χ2n) is 7.41. The molecule has 0 saturated heterocycles. The Labute approximate surface area is 187 Å². The van der Waals surface area contributed by atoms with E-state index < -0.39 is 0 Å². The molecule has 0 aliphatic carbocycles. The summed E-state index contributed by atoms with van der Waals surface area (Å²) in [4.78, 5) is 26.3. The van der Waals surface area contributed by atoms with Crippen molar-refractivity contribution in [1.29, 1.82) is 0 Å². The molecule has 162 valence electrons. The van der Waals surface area contributed by atoms with Gasteiger partial charge in [-0.3, -0.25) is 9.59 Å². The number of fused-ring (bicyclic) bond motifs is 1. The second-order valence-corrected chi connectivity index (χ2v) is 7.41. The van der Waals surface area contributed by atoms with E-state index >= 15 is 0 Å². The average molecular weight is 428 g/mol. The summed E-state index contributed by atoms with van der Waals surface area (Å²) >= 11 is 0. The number of hydrogen-bond donors (Lipinski definition) is 1. The minimum Gasteiger partial charge on any atom is -0.492 e. The Hall–Kier alpha value is -4.06. The number of benzene rings is 3. The molecule has 1 aliphatic rings. The Bertz CT molecular complexity index is 1120. The van der Waals surface area contributed by atoms with Gasteiger partial charge in [-0.25, -0.2) is 0 Å². The lowest BCUT2D eigenvalue weighted by Gasteiger charge is -2.29. The maximum atomic E-state index is 12.4. The fraction of sp³-hybridized carbons (Fsp3) is 0.154. The topological polar surface area (TPSA) is 67.9 Å². The van der Waals surface area contributed by atoms with Crippen molar-refractivity contribution in [3.05, 3.63) is 90.0 Å². The number of hydrogen-bond acceptors (Lipinski definition) is 4. The maximum Gasteiger partial charge on any atom is 0.265 e. The highest BCUT2D eigenvalue weighted by atomic mass is 16.5. The zero-order chi connectivity index (χ0) is 22.3. The molecule has 1 heterocycles. The highest BCUT2D eigenvalue weighted by Crippen LogP contribution is 2.34. The number of rotatable bonds is 7. The molecule has 32 heavy (non-hydrogen) atoms. The summed E-state index contributed by atoms with van der Waals surface area (Å²) in [6.07, 6.45) is 3.25. The molecule has 3 aromatic rings. The Balaban J connectivity index is 1.39. The first-order valence-corrected chi connectivity index (χ1v) is 10.4. The van der Waals surface area contributed by atoms with Crippen LogP contribution in [0.5, 0.6) is 11.5 Å². The van der Waals surface area contributed by atoms with E-state index in [-0.39, 0.29) is 18.4 Å². The molecule has 0 unspecified atom stereocenters. The van der Waals surface area contributed by atoms with Gasteiger partial charge >= 0.3 is 0 Å². The van der Waals surface area contributed by atoms with Gasteiger partial charge in [-0.2, -0.15) is 0 Å². The molecule has 1 aliphatic heterocycles. The quantitative estimate of drug-likeness (QED) is 0.565. The van der Waals surface area contributed by atoms with Gasteiger partial charge in [0.15, 0.2) is 6.61 Å². The van der Waals surface area contributed by atoms with Crippen LogP contribution in [0.3, 0.4) is 0 Å². The van der Waals surface area contributed by atoms with Crippen LogP contribution in [0.25, 0.3) is 6.08 Å². The molecule has 4 rings (SSSR count).